The van der Waals surface area contributed by atoms with Gasteiger partial charge >= 0.3 is 0 Å². The van der Waals surface area contributed by atoms with E-state index in [2.05, 4.69) is 6.92 Å². The van der Waals surface area contributed by atoms with Crippen LogP contribution in [0.15, 0.2) is 18.2 Å². The van der Waals surface area contributed by atoms with Crippen molar-refractivity contribution in [2.75, 3.05) is 7.11 Å². The van der Waals surface area contributed by atoms with Crippen LogP contribution in [0.4, 0.5) is 4.39 Å². The Bertz CT molecular complexity index is 421. The van der Waals surface area contributed by atoms with Crippen molar-refractivity contribution in [3.8, 4) is 5.75 Å². The summed E-state index contributed by atoms with van der Waals surface area (Å²) in [6.45, 7) is 2.21. The van der Waals surface area contributed by atoms with Crippen molar-refractivity contribution in [1.82, 2.24) is 0 Å². The maximum atomic E-state index is 13.6. The number of benzene rings is 1. The first-order chi connectivity index (χ1) is 8.56. The van der Waals surface area contributed by atoms with E-state index in [0.29, 0.717) is 5.75 Å². The van der Waals surface area contributed by atoms with E-state index in [9.17, 15) is 4.39 Å². The lowest BCUT2D eigenvalue weighted by Crippen LogP contribution is -2.39. The summed E-state index contributed by atoms with van der Waals surface area (Å²) in [7, 11) is 1.48. The molecule has 18 heavy (non-hydrogen) atoms. The summed E-state index contributed by atoms with van der Waals surface area (Å²) in [6.07, 6.45) is 5.24. The molecule has 0 heterocycles. The Morgan fingerprint density at radius 3 is 2.83 bits per heavy atom. The largest absolute Gasteiger partial charge is 0.494 e. The molecule has 2 N–H and O–H groups in total. The van der Waals surface area contributed by atoms with Crippen molar-refractivity contribution in [2.45, 2.75) is 44.6 Å². The Kier molecular flexibility index (Phi) is 3.91. The van der Waals surface area contributed by atoms with E-state index in [1.54, 1.807) is 12.1 Å². The third-order valence-electron chi connectivity index (χ3n) is 4.10. The number of halogens is 1. The van der Waals surface area contributed by atoms with Gasteiger partial charge in [-0.1, -0.05) is 19.4 Å². The minimum absolute atomic E-state index is 0.151. The Balaban J connectivity index is 2.07. The molecule has 1 aliphatic carbocycles. The molecule has 1 aromatic rings. The van der Waals surface area contributed by atoms with E-state index in [1.165, 1.54) is 20.0 Å². The molecule has 0 spiro atoms. The molecule has 3 heteroatoms. The lowest BCUT2D eigenvalue weighted by molar-refractivity contribution is 0.383. The summed E-state index contributed by atoms with van der Waals surface area (Å²) >= 11 is 0. The molecule has 0 aliphatic heterocycles. The average Bonchev–Trinajstić information content (AvgIpc) is 2.71. The van der Waals surface area contributed by atoms with Gasteiger partial charge in [0.2, 0.25) is 0 Å². The van der Waals surface area contributed by atoms with Crippen LogP contribution in [0.2, 0.25) is 0 Å². The molecule has 0 radical (unpaired) electrons. The molecular formula is C15H22FNO. The van der Waals surface area contributed by atoms with E-state index in [4.69, 9.17) is 10.5 Å². The van der Waals surface area contributed by atoms with Gasteiger partial charge in [0.05, 0.1) is 7.11 Å². The first-order valence-electron chi connectivity index (χ1n) is 6.67. The second-order valence-electron chi connectivity index (χ2n) is 5.53. The van der Waals surface area contributed by atoms with E-state index < -0.39 is 0 Å². The average molecular weight is 251 g/mol. The third kappa shape index (κ3) is 2.83. The van der Waals surface area contributed by atoms with Crippen molar-refractivity contribution in [1.29, 1.82) is 0 Å². The maximum absolute atomic E-state index is 13.6. The van der Waals surface area contributed by atoms with Gasteiger partial charge < -0.3 is 10.5 Å². The third-order valence-corrected chi connectivity index (χ3v) is 4.10. The zero-order valence-electron chi connectivity index (χ0n) is 11.2. The zero-order valence-corrected chi connectivity index (χ0v) is 11.2. The lowest BCUT2D eigenvalue weighted by Gasteiger charge is -2.24. The summed E-state index contributed by atoms with van der Waals surface area (Å²) in [5, 5.41) is 0. The molecule has 1 aliphatic rings. The molecule has 0 aromatic heterocycles. The van der Waals surface area contributed by atoms with Crippen molar-refractivity contribution < 1.29 is 9.13 Å². The van der Waals surface area contributed by atoms with Gasteiger partial charge in [0.1, 0.15) is 0 Å². The molecule has 1 aromatic carbocycles. The lowest BCUT2D eigenvalue weighted by atomic mass is 9.89. The second-order valence-corrected chi connectivity index (χ2v) is 5.53. The van der Waals surface area contributed by atoms with Gasteiger partial charge in [0, 0.05) is 5.54 Å². The van der Waals surface area contributed by atoms with Crippen LogP contribution in [0.1, 0.15) is 38.2 Å². The summed E-state index contributed by atoms with van der Waals surface area (Å²) in [4.78, 5) is 0. The standard InChI is InChI=1S/C15H22FNO/c1-3-11-6-7-15(17,9-11)10-12-4-5-14(18-2)13(16)8-12/h4-5,8,11H,3,6-7,9-10,17H2,1-2H3. The Hall–Kier alpha value is -1.09. The van der Waals surface area contributed by atoms with Crippen LogP contribution >= 0.6 is 0 Å². The first kappa shape index (κ1) is 13.3. The van der Waals surface area contributed by atoms with Crippen LogP contribution in [-0.2, 0) is 6.42 Å². The molecule has 100 valence electrons. The van der Waals surface area contributed by atoms with Crippen molar-refractivity contribution >= 4 is 0 Å². The quantitative estimate of drug-likeness (QED) is 0.891. The molecule has 2 atom stereocenters. The fourth-order valence-electron chi connectivity index (χ4n) is 3.01. The molecule has 2 unspecified atom stereocenters. The van der Waals surface area contributed by atoms with Crippen LogP contribution in [0.25, 0.3) is 0 Å². The summed E-state index contributed by atoms with van der Waals surface area (Å²) in [5.41, 5.74) is 7.24. The van der Waals surface area contributed by atoms with Crippen LogP contribution in [0.5, 0.6) is 5.75 Å². The molecule has 2 rings (SSSR count). The Morgan fingerprint density at radius 2 is 2.28 bits per heavy atom. The highest BCUT2D eigenvalue weighted by molar-refractivity contribution is 5.30. The first-order valence-corrected chi connectivity index (χ1v) is 6.67. The Labute approximate surface area is 108 Å². The summed E-state index contributed by atoms with van der Waals surface area (Å²) < 4.78 is 18.5. The predicted molar refractivity (Wildman–Crippen MR) is 71.2 cm³/mol. The van der Waals surface area contributed by atoms with Gasteiger partial charge in [0.25, 0.3) is 0 Å². The number of hydrogen-bond acceptors (Lipinski definition) is 2. The second kappa shape index (κ2) is 5.27. The van der Waals surface area contributed by atoms with Crippen LogP contribution < -0.4 is 10.5 Å². The van der Waals surface area contributed by atoms with Gasteiger partial charge in [-0.05, 0) is 49.3 Å². The van der Waals surface area contributed by atoms with Crippen LogP contribution in [0, 0.1) is 11.7 Å². The Morgan fingerprint density at radius 1 is 1.50 bits per heavy atom. The maximum Gasteiger partial charge on any atom is 0.165 e. The van der Waals surface area contributed by atoms with Gasteiger partial charge in [-0.3, -0.25) is 0 Å². The molecule has 2 nitrogen and oxygen atoms in total. The predicted octanol–water partition coefficient (Wildman–Crippen LogP) is 3.28. The fourth-order valence-corrected chi connectivity index (χ4v) is 3.01. The molecular weight excluding hydrogens is 229 g/mol. The molecule has 1 saturated carbocycles. The van der Waals surface area contributed by atoms with Crippen LogP contribution in [-0.4, -0.2) is 12.6 Å². The molecule has 0 bridgehead atoms. The zero-order chi connectivity index (χ0) is 13.2. The topological polar surface area (TPSA) is 35.2 Å². The van der Waals surface area contributed by atoms with Crippen molar-refractivity contribution in [3.63, 3.8) is 0 Å². The minimum atomic E-state index is -0.302. The number of ether oxygens (including phenoxy) is 1. The highest BCUT2D eigenvalue weighted by Gasteiger charge is 2.34. The molecule has 0 amide bonds. The number of methoxy groups -OCH3 is 1. The van der Waals surface area contributed by atoms with E-state index in [-0.39, 0.29) is 11.4 Å². The van der Waals surface area contributed by atoms with Gasteiger partial charge in [0.15, 0.2) is 11.6 Å². The molecule has 0 saturated heterocycles. The monoisotopic (exact) mass is 251 g/mol. The van der Waals surface area contributed by atoms with Gasteiger partial charge in [-0.2, -0.15) is 0 Å². The number of nitrogens with two attached hydrogens (primary N) is 1. The van der Waals surface area contributed by atoms with Gasteiger partial charge in [-0.15, -0.1) is 0 Å². The highest BCUT2D eigenvalue weighted by atomic mass is 19.1. The SMILES string of the molecule is CCC1CCC(N)(Cc2ccc(OC)c(F)c2)C1. The van der Waals surface area contributed by atoms with E-state index in [1.807, 2.05) is 6.07 Å². The van der Waals surface area contributed by atoms with Crippen molar-refractivity contribution in [3.05, 3.63) is 29.6 Å². The smallest absolute Gasteiger partial charge is 0.165 e. The fraction of sp³-hybridized carbons (Fsp3) is 0.600. The summed E-state index contributed by atoms with van der Waals surface area (Å²) in [6, 6.07) is 5.14. The summed E-state index contributed by atoms with van der Waals surface area (Å²) in [5.74, 6) is 0.726. The number of hydrogen-bond donors (Lipinski definition) is 1. The van der Waals surface area contributed by atoms with E-state index in [0.717, 1.165) is 30.7 Å². The van der Waals surface area contributed by atoms with E-state index >= 15 is 0 Å². The van der Waals surface area contributed by atoms with Gasteiger partial charge in [-0.25, -0.2) is 4.39 Å². The van der Waals surface area contributed by atoms with Crippen LogP contribution in [0.3, 0.4) is 0 Å². The minimum Gasteiger partial charge on any atom is -0.494 e. The normalized spacial score (nSPS) is 27.4. The van der Waals surface area contributed by atoms with Crippen molar-refractivity contribution in [2.24, 2.45) is 11.7 Å². The molecule has 1 fully saturated rings. The highest BCUT2D eigenvalue weighted by Crippen LogP contribution is 2.37. The number of rotatable bonds is 4.